The van der Waals surface area contributed by atoms with Gasteiger partial charge in [-0.25, -0.2) is 0 Å². The Labute approximate surface area is 106 Å². The minimum Gasteiger partial charge on any atom is -0.418 e. The maximum absolute atomic E-state index is 9.75. The van der Waals surface area contributed by atoms with Crippen LogP contribution in [0.25, 0.3) is 16.2 Å². The van der Waals surface area contributed by atoms with Crippen LogP contribution in [0.15, 0.2) is 48.7 Å². The fourth-order valence-electron chi connectivity index (χ4n) is 1.30. The number of hydrogen-bond acceptors (Lipinski definition) is 2. The molecular weight excluding hydrogens is 261 g/mol. The minimum absolute atomic E-state index is 0.534. The third-order valence-corrected chi connectivity index (χ3v) is 1.95. The summed E-state index contributed by atoms with van der Waals surface area (Å²) in [5.41, 5.74) is 2.17. The van der Waals surface area contributed by atoms with Crippen molar-refractivity contribution in [2.45, 2.75) is 0 Å². The van der Waals surface area contributed by atoms with E-state index in [1.165, 1.54) is 0 Å². The van der Waals surface area contributed by atoms with Crippen molar-refractivity contribution < 1.29 is 17.3 Å². The summed E-state index contributed by atoms with van der Waals surface area (Å²) in [4.78, 5) is 7.39. The molecule has 0 aliphatic carbocycles. The molecule has 0 N–H and O–H groups in total. The Morgan fingerprint density at radius 3 is 2.05 bits per heavy atom. The molecule has 0 fully saturated rings. The monoisotopic (exact) mass is 269 g/mol. The van der Waals surface area contributed by atoms with Gasteiger partial charge in [0.1, 0.15) is 0 Å². The number of pyridine rings is 1. The van der Waals surface area contributed by atoms with Gasteiger partial charge in [0.05, 0.1) is 11.3 Å². The van der Waals surface area contributed by atoms with E-state index in [0.717, 1.165) is 11.3 Å². The number of benzene rings is 1. The zero-order valence-corrected chi connectivity index (χ0v) is 9.55. The van der Waals surface area contributed by atoms with Crippen LogP contribution >= 0.6 is 0 Å². The Balaban J connectivity index is 0.000000312. The van der Waals surface area contributed by atoms with Crippen LogP contribution in [-0.4, -0.2) is 12.2 Å². The molecule has 0 aliphatic rings. The lowest BCUT2D eigenvalue weighted by Crippen LogP contribution is -2.02. The Kier molecular flexibility index (Phi) is 5.00. The van der Waals surface area contributed by atoms with Crippen LogP contribution in [0.4, 0.5) is 23.0 Å². The van der Waals surface area contributed by atoms with E-state index >= 15 is 0 Å². The Morgan fingerprint density at radius 1 is 0.947 bits per heavy atom. The Morgan fingerprint density at radius 2 is 1.53 bits per heavy atom. The molecule has 1 aromatic carbocycles. The van der Waals surface area contributed by atoms with Crippen molar-refractivity contribution in [2.75, 3.05) is 0 Å². The number of halogens is 4. The maximum Gasteiger partial charge on any atom is 0.673 e. The largest absolute Gasteiger partial charge is 0.673 e. The summed E-state index contributed by atoms with van der Waals surface area (Å²) in [6, 6.07) is 12.9. The fourth-order valence-corrected chi connectivity index (χ4v) is 1.30. The molecule has 0 amide bonds. The molecule has 19 heavy (non-hydrogen) atoms. The van der Waals surface area contributed by atoms with Crippen molar-refractivity contribution in [3.8, 4) is 11.3 Å². The highest BCUT2D eigenvalue weighted by Gasteiger charge is 2.20. The van der Waals surface area contributed by atoms with Crippen molar-refractivity contribution >= 4 is 12.9 Å². The van der Waals surface area contributed by atoms with Gasteiger partial charge >= 0.3 is 12.9 Å². The van der Waals surface area contributed by atoms with E-state index in [9.17, 15) is 17.3 Å². The van der Waals surface area contributed by atoms with E-state index in [-0.39, 0.29) is 0 Å². The summed E-state index contributed by atoms with van der Waals surface area (Å²) in [6.07, 6.45) is 1.71. The van der Waals surface area contributed by atoms with Gasteiger partial charge in [-0.15, -0.1) is 0 Å². The molecule has 8 heteroatoms. The van der Waals surface area contributed by atoms with Crippen molar-refractivity contribution in [3.05, 3.63) is 53.6 Å². The number of nitrogens with zero attached hydrogens (tertiary/aromatic N) is 3. The average Bonchev–Trinajstić information content (AvgIpc) is 2.38. The molecule has 98 valence electrons. The lowest BCUT2D eigenvalue weighted by atomic mass is 10.1. The topological polar surface area (TPSA) is 41.0 Å². The summed E-state index contributed by atoms with van der Waals surface area (Å²) in [6.45, 7) is 0. The molecule has 2 aromatic rings. The van der Waals surface area contributed by atoms with Crippen LogP contribution in [0.1, 0.15) is 0 Å². The van der Waals surface area contributed by atoms with Gasteiger partial charge in [-0.2, -0.15) is 0 Å². The number of diazo groups is 1. The van der Waals surface area contributed by atoms with E-state index in [2.05, 4.69) is 9.96 Å². The van der Waals surface area contributed by atoms with Crippen LogP contribution in [0.5, 0.6) is 0 Å². The zero-order chi connectivity index (χ0) is 14.3. The highest BCUT2D eigenvalue weighted by Crippen LogP contribution is 2.27. The SMILES string of the molecule is F[B-](F)(F)F.N#[N+]c1ccccc1-c1ccccn1. The van der Waals surface area contributed by atoms with Gasteiger partial charge in [-0.05, 0) is 18.2 Å². The molecule has 1 aromatic heterocycles. The summed E-state index contributed by atoms with van der Waals surface area (Å²) in [5.74, 6) is 0. The van der Waals surface area contributed by atoms with Gasteiger partial charge in [0, 0.05) is 12.3 Å². The van der Waals surface area contributed by atoms with Gasteiger partial charge in [0.2, 0.25) is 5.39 Å². The van der Waals surface area contributed by atoms with Crippen LogP contribution in [0, 0.1) is 5.39 Å². The van der Waals surface area contributed by atoms with Crippen molar-refractivity contribution in [3.63, 3.8) is 0 Å². The molecule has 0 radical (unpaired) electrons. The lowest BCUT2D eigenvalue weighted by molar-refractivity contribution is 0.368. The van der Waals surface area contributed by atoms with E-state index < -0.39 is 7.25 Å². The molecule has 0 unspecified atom stereocenters. The first-order valence-electron chi connectivity index (χ1n) is 5.14. The van der Waals surface area contributed by atoms with Crippen molar-refractivity contribution in [2.24, 2.45) is 0 Å². The van der Waals surface area contributed by atoms with E-state index in [1.807, 2.05) is 36.4 Å². The summed E-state index contributed by atoms with van der Waals surface area (Å²) < 4.78 is 39.0. The van der Waals surface area contributed by atoms with Gasteiger partial charge in [0.25, 0.3) is 0 Å². The summed E-state index contributed by atoms with van der Waals surface area (Å²) >= 11 is 0. The first kappa shape index (κ1) is 14.6. The van der Waals surface area contributed by atoms with Crippen molar-refractivity contribution in [1.29, 1.82) is 5.39 Å². The fraction of sp³-hybridized carbons (Fsp3) is 0. The van der Waals surface area contributed by atoms with Crippen molar-refractivity contribution in [1.82, 2.24) is 4.98 Å². The highest BCUT2D eigenvalue weighted by molar-refractivity contribution is 6.50. The van der Waals surface area contributed by atoms with Gasteiger partial charge in [-0.1, -0.05) is 18.2 Å². The lowest BCUT2D eigenvalue weighted by Gasteiger charge is -1.95. The average molecular weight is 269 g/mol. The zero-order valence-electron chi connectivity index (χ0n) is 9.55. The minimum atomic E-state index is -6.00. The molecule has 0 bridgehead atoms. The molecule has 0 aliphatic heterocycles. The first-order valence-corrected chi connectivity index (χ1v) is 5.14. The highest BCUT2D eigenvalue weighted by atomic mass is 19.5. The predicted molar refractivity (Wildman–Crippen MR) is 64.6 cm³/mol. The predicted octanol–water partition coefficient (Wildman–Crippen LogP) is 4.53. The molecule has 0 saturated carbocycles. The van der Waals surface area contributed by atoms with Crippen LogP contribution in [-0.2, 0) is 0 Å². The number of aromatic nitrogens is 1. The molecule has 2 rings (SSSR count). The summed E-state index contributed by atoms with van der Waals surface area (Å²) in [7, 11) is -6.00. The Hall–Kier alpha value is -2.43. The molecule has 0 atom stereocenters. The second-order valence-corrected chi connectivity index (χ2v) is 3.33. The van der Waals surface area contributed by atoms with Crippen LogP contribution < -0.4 is 0 Å². The van der Waals surface area contributed by atoms with Crippen LogP contribution in [0.3, 0.4) is 0 Å². The number of rotatable bonds is 1. The number of hydrogen-bond donors (Lipinski definition) is 0. The first-order chi connectivity index (χ1) is 8.92. The second-order valence-electron chi connectivity index (χ2n) is 3.33. The van der Waals surface area contributed by atoms with E-state index in [1.54, 1.807) is 12.3 Å². The molecule has 0 spiro atoms. The van der Waals surface area contributed by atoms with E-state index in [0.29, 0.717) is 5.69 Å². The summed E-state index contributed by atoms with van der Waals surface area (Å²) in [5, 5.41) is 8.78. The van der Waals surface area contributed by atoms with Gasteiger partial charge in [-0.3, -0.25) is 4.98 Å². The maximum atomic E-state index is 9.75. The molecule has 1 heterocycles. The third-order valence-electron chi connectivity index (χ3n) is 1.95. The van der Waals surface area contributed by atoms with Gasteiger partial charge < -0.3 is 17.3 Å². The smallest absolute Gasteiger partial charge is 0.418 e. The van der Waals surface area contributed by atoms with Crippen LogP contribution in [0.2, 0.25) is 0 Å². The molecule has 0 saturated heterocycles. The van der Waals surface area contributed by atoms with Gasteiger partial charge in [0.15, 0.2) is 4.98 Å². The normalized spacial score (nSPS) is 10.1. The standard InChI is InChI=1S/C11H8N3.BF4/c12-14-11-7-2-1-5-9(11)10-6-3-4-8-13-10;2-1(3,4)5/h1-8H;/q+1;-1. The second kappa shape index (κ2) is 6.49. The third kappa shape index (κ3) is 5.63. The molecular formula is C11H8BF4N3. The quantitative estimate of drug-likeness (QED) is 0.433. The Bertz CT molecular complexity index is 560. The van der Waals surface area contributed by atoms with E-state index in [4.69, 9.17) is 5.39 Å². The molecule has 3 nitrogen and oxygen atoms in total.